The first-order valence-electron chi connectivity index (χ1n) is 4.78. The molecule has 0 aliphatic rings. The van der Waals surface area contributed by atoms with Crippen LogP contribution in [0.15, 0.2) is 32.8 Å². The summed E-state index contributed by atoms with van der Waals surface area (Å²) in [6.07, 6.45) is 0. The van der Waals surface area contributed by atoms with E-state index in [0.717, 1.165) is 16.3 Å². The summed E-state index contributed by atoms with van der Waals surface area (Å²) in [6.45, 7) is 1.96. The number of nitrogens with zero attached hydrogens (tertiary/aromatic N) is 1. The predicted molar refractivity (Wildman–Crippen MR) is 62.7 cm³/mol. The Labute approximate surface area is 94.6 Å². The number of hydrogen-bond acceptors (Lipinski definition) is 4. The summed E-state index contributed by atoms with van der Waals surface area (Å²) < 4.78 is 4.94. The Morgan fingerprint density at radius 1 is 1.44 bits per heavy atom. The van der Waals surface area contributed by atoms with Crippen molar-refractivity contribution in [3.05, 3.63) is 39.1 Å². The zero-order chi connectivity index (χ0) is 11.1. The van der Waals surface area contributed by atoms with Gasteiger partial charge < -0.3 is 4.42 Å². The fourth-order valence-corrected chi connectivity index (χ4v) is 2.23. The molecule has 2 aromatic heterocycles. The Balaban J connectivity index is 2.21. The normalized spacial score (nSPS) is 11.1. The molecule has 2 heterocycles. The summed E-state index contributed by atoms with van der Waals surface area (Å²) >= 11 is 1.60. The molecule has 0 unspecified atom stereocenters. The fraction of sp³-hybridized carbons (Fsp3) is 0.0909. The molecule has 16 heavy (non-hydrogen) atoms. The lowest BCUT2D eigenvalue weighted by atomic mass is 10.1. The standard InChI is InChI=1S/C11H8N2O2S/c1-6-12-9(5-16-6)7-2-3-10-8(4-7)13-11(14)15-10/h2-5H,1H3,(H,13,14). The first-order valence-corrected chi connectivity index (χ1v) is 5.66. The molecule has 0 bridgehead atoms. The molecule has 1 N–H and O–H groups in total. The molecule has 1 aromatic carbocycles. The van der Waals surface area contributed by atoms with Gasteiger partial charge in [-0.2, -0.15) is 0 Å². The van der Waals surface area contributed by atoms with E-state index in [2.05, 4.69) is 9.97 Å². The van der Waals surface area contributed by atoms with Crippen molar-refractivity contribution in [3.63, 3.8) is 0 Å². The molecule has 3 rings (SSSR count). The van der Waals surface area contributed by atoms with Gasteiger partial charge in [0.25, 0.3) is 0 Å². The Bertz CT molecular complexity index is 708. The van der Waals surface area contributed by atoms with Crippen LogP contribution in [0.25, 0.3) is 22.4 Å². The number of benzene rings is 1. The first kappa shape index (κ1) is 9.35. The monoisotopic (exact) mass is 232 g/mol. The molecular formula is C11H8N2O2S. The molecular weight excluding hydrogens is 224 g/mol. The zero-order valence-corrected chi connectivity index (χ0v) is 9.30. The number of thiazole rings is 1. The van der Waals surface area contributed by atoms with Gasteiger partial charge in [-0.1, -0.05) is 0 Å². The summed E-state index contributed by atoms with van der Waals surface area (Å²) in [7, 11) is 0. The summed E-state index contributed by atoms with van der Waals surface area (Å²) in [5.74, 6) is -0.429. The third-order valence-corrected chi connectivity index (χ3v) is 3.11. The number of aromatic nitrogens is 2. The number of fused-ring (bicyclic) bond motifs is 1. The molecule has 0 radical (unpaired) electrons. The van der Waals surface area contributed by atoms with E-state index in [9.17, 15) is 4.79 Å². The molecule has 80 valence electrons. The van der Waals surface area contributed by atoms with Gasteiger partial charge in [-0.15, -0.1) is 11.3 Å². The van der Waals surface area contributed by atoms with E-state index in [1.165, 1.54) is 0 Å². The van der Waals surface area contributed by atoms with E-state index in [4.69, 9.17) is 4.42 Å². The van der Waals surface area contributed by atoms with Crippen LogP contribution >= 0.6 is 11.3 Å². The van der Waals surface area contributed by atoms with Crippen molar-refractivity contribution < 1.29 is 4.42 Å². The smallest absolute Gasteiger partial charge is 0.408 e. The maximum atomic E-state index is 11.0. The molecule has 0 aliphatic heterocycles. The van der Waals surface area contributed by atoms with Gasteiger partial charge in [0.05, 0.1) is 16.2 Å². The van der Waals surface area contributed by atoms with Crippen LogP contribution in [0.5, 0.6) is 0 Å². The second-order valence-electron chi connectivity index (χ2n) is 3.48. The molecule has 0 saturated carbocycles. The van der Waals surface area contributed by atoms with Crippen LogP contribution in [-0.2, 0) is 0 Å². The van der Waals surface area contributed by atoms with Crippen molar-refractivity contribution in [2.45, 2.75) is 6.92 Å². The van der Waals surface area contributed by atoms with Crippen molar-refractivity contribution >= 4 is 22.4 Å². The molecule has 5 heteroatoms. The van der Waals surface area contributed by atoms with E-state index < -0.39 is 5.76 Å². The van der Waals surface area contributed by atoms with Crippen LogP contribution in [0.1, 0.15) is 5.01 Å². The van der Waals surface area contributed by atoms with Crippen LogP contribution in [0.3, 0.4) is 0 Å². The second-order valence-corrected chi connectivity index (χ2v) is 4.54. The number of H-pyrrole nitrogens is 1. The van der Waals surface area contributed by atoms with Gasteiger partial charge in [-0.25, -0.2) is 9.78 Å². The van der Waals surface area contributed by atoms with E-state index in [0.29, 0.717) is 11.1 Å². The van der Waals surface area contributed by atoms with Crippen LogP contribution in [0.4, 0.5) is 0 Å². The molecule has 0 amide bonds. The lowest BCUT2D eigenvalue weighted by Gasteiger charge is -1.95. The van der Waals surface area contributed by atoms with Crippen molar-refractivity contribution in [2.24, 2.45) is 0 Å². The van der Waals surface area contributed by atoms with Gasteiger partial charge in [-0.3, -0.25) is 4.98 Å². The number of aryl methyl sites for hydroxylation is 1. The SMILES string of the molecule is Cc1nc(-c2ccc3oc(=O)[nH]c3c2)cs1. The van der Waals surface area contributed by atoms with Crippen LogP contribution in [-0.4, -0.2) is 9.97 Å². The molecule has 0 saturated heterocycles. The predicted octanol–water partition coefficient (Wildman–Crippen LogP) is 2.55. The van der Waals surface area contributed by atoms with Crippen molar-refractivity contribution in [3.8, 4) is 11.3 Å². The lowest BCUT2D eigenvalue weighted by Crippen LogP contribution is -1.92. The number of rotatable bonds is 1. The Morgan fingerprint density at radius 3 is 3.06 bits per heavy atom. The Morgan fingerprint density at radius 2 is 2.31 bits per heavy atom. The highest BCUT2D eigenvalue weighted by Crippen LogP contribution is 2.24. The molecule has 0 spiro atoms. The number of oxazole rings is 1. The van der Waals surface area contributed by atoms with Crippen molar-refractivity contribution in [1.29, 1.82) is 0 Å². The highest BCUT2D eigenvalue weighted by Gasteiger charge is 2.05. The first-order chi connectivity index (χ1) is 7.72. The molecule has 0 fully saturated rings. The molecule has 0 aliphatic carbocycles. The zero-order valence-electron chi connectivity index (χ0n) is 8.48. The average Bonchev–Trinajstić information content (AvgIpc) is 2.81. The fourth-order valence-electron chi connectivity index (χ4n) is 1.61. The Kier molecular flexibility index (Phi) is 1.94. The topological polar surface area (TPSA) is 58.9 Å². The quantitative estimate of drug-likeness (QED) is 0.701. The minimum absolute atomic E-state index is 0.429. The van der Waals surface area contributed by atoms with Crippen LogP contribution < -0.4 is 5.76 Å². The van der Waals surface area contributed by atoms with Gasteiger partial charge in [-0.05, 0) is 25.1 Å². The molecule has 3 aromatic rings. The summed E-state index contributed by atoms with van der Waals surface area (Å²) in [5.41, 5.74) is 3.18. The number of aromatic amines is 1. The van der Waals surface area contributed by atoms with E-state index in [1.807, 2.05) is 24.4 Å². The third kappa shape index (κ3) is 1.45. The second kappa shape index (κ2) is 3.31. The van der Waals surface area contributed by atoms with E-state index >= 15 is 0 Å². The van der Waals surface area contributed by atoms with Gasteiger partial charge in [0.15, 0.2) is 5.58 Å². The van der Waals surface area contributed by atoms with E-state index in [-0.39, 0.29) is 0 Å². The number of hydrogen-bond donors (Lipinski definition) is 1. The largest absolute Gasteiger partial charge is 0.417 e. The highest BCUT2D eigenvalue weighted by atomic mass is 32.1. The summed E-state index contributed by atoms with van der Waals surface area (Å²) in [5, 5.41) is 3.02. The maximum Gasteiger partial charge on any atom is 0.417 e. The van der Waals surface area contributed by atoms with Gasteiger partial charge in [0.2, 0.25) is 0 Å². The minimum atomic E-state index is -0.429. The minimum Gasteiger partial charge on any atom is -0.408 e. The van der Waals surface area contributed by atoms with E-state index in [1.54, 1.807) is 17.4 Å². The van der Waals surface area contributed by atoms with Crippen molar-refractivity contribution in [2.75, 3.05) is 0 Å². The van der Waals surface area contributed by atoms with Crippen LogP contribution in [0, 0.1) is 6.92 Å². The average molecular weight is 232 g/mol. The third-order valence-electron chi connectivity index (χ3n) is 2.33. The molecule has 4 nitrogen and oxygen atoms in total. The maximum absolute atomic E-state index is 11.0. The summed E-state index contributed by atoms with van der Waals surface area (Å²) in [6, 6.07) is 5.54. The summed E-state index contributed by atoms with van der Waals surface area (Å²) in [4.78, 5) is 18.0. The van der Waals surface area contributed by atoms with Gasteiger partial charge >= 0.3 is 5.76 Å². The van der Waals surface area contributed by atoms with Gasteiger partial charge in [0, 0.05) is 10.9 Å². The molecule has 0 atom stereocenters. The highest BCUT2D eigenvalue weighted by molar-refractivity contribution is 7.09. The Hall–Kier alpha value is -1.88. The van der Waals surface area contributed by atoms with Crippen LogP contribution in [0.2, 0.25) is 0 Å². The van der Waals surface area contributed by atoms with Gasteiger partial charge in [0.1, 0.15) is 0 Å². The van der Waals surface area contributed by atoms with Crippen molar-refractivity contribution in [1.82, 2.24) is 9.97 Å². The lowest BCUT2D eigenvalue weighted by molar-refractivity contribution is 0.555. The number of nitrogens with one attached hydrogen (secondary N) is 1.